The van der Waals surface area contributed by atoms with Crippen molar-refractivity contribution in [1.82, 2.24) is 10.3 Å². The first-order valence-electron chi connectivity index (χ1n) is 9.07. The number of imide groups is 1. The summed E-state index contributed by atoms with van der Waals surface area (Å²) in [4.78, 5) is 29.5. The normalized spacial score (nSPS) is 16.9. The Bertz CT molecular complexity index is 1050. The van der Waals surface area contributed by atoms with E-state index in [1.807, 2.05) is 24.4 Å². The van der Waals surface area contributed by atoms with E-state index < -0.39 is 6.04 Å². The standard InChI is InChI=1S/C21H20ClN3O3/c1-28-14-6-7-17-15(10-14)13(12-24-17)8-9-23-18-11-20(26)25(21(18)27)19-5-3-2-4-16(19)22/h2-7,10,12,18,23-24H,8-9,11H2,1H3/t18-/m0/s1. The minimum Gasteiger partial charge on any atom is -0.497 e. The third-order valence-electron chi connectivity index (χ3n) is 5.00. The number of anilines is 1. The van der Waals surface area contributed by atoms with Crippen molar-refractivity contribution in [3.05, 3.63) is 59.2 Å². The van der Waals surface area contributed by atoms with Gasteiger partial charge in [-0.1, -0.05) is 23.7 Å². The Labute approximate surface area is 167 Å². The number of para-hydroxylation sites is 1. The number of halogens is 1. The van der Waals surface area contributed by atoms with Crippen LogP contribution < -0.4 is 15.0 Å². The number of benzene rings is 2. The number of carbonyl (C=O) groups is 2. The lowest BCUT2D eigenvalue weighted by Gasteiger charge is -2.16. The van der Waals surface area contributed by atoms with Gasteiger partial charge in [-0.25, -0.2) is 4.90 Å². The third kappa shape index (κ3) is 3.37. The van der Waals surface area contributed by atoms with Gasteiger partial charge in [0.25, 0.3) is 5.91 Å². The number of hydrogen-bond acceptors (Lipinski definition) is 4. The number of amides is 2. The van der Waals surface area contributed by atoms with E-state index in [9.17, 15) is 9.59 Å². The molecule has 1 atom stereocenters. The zero-order valence-electron chi connectivity index (χ0n) is 15.4. The molecular formula is C21H20ClN3O3. The second-order valence-corrected chi connectivity index (χ2v) is 7.11. The molecule has 7 heteroatoms. The van der Waals surface area contributed by atoms with Crippen LogP contribution in [0, 0.1) is 0 Å². The van der Waals surface area contributed by atoms with Gasteiger partial charge >= 0.3 is 0 Å². The van der Waals surface area contributed by atoms with E-state index in [1.165, 1.54) is 4.90 Å². The molecule has 3 aromatic rings. The molecule has 0 radical (unpaired) electrons. The number of fused-ring (bicyclic) bond motifs is 1. The van der Waals surface area contributed by atoms with Gasteiger partial charge in [0, 0.05) is 23.6 Å². The number of hydrogen-bond donors (Lipinski definition) is 2. The molecule has 1 fully saturated rings. The number of aromatic amines is 1. The number of methoxy groups -OCH3 is 1. The number of H-pyrrole nitrogens is 1. The van der Waals surface area contributed by atoms with Gasteiger partial charge in [0.05, 0.1) is 30.3 Å². The maximum absolute atomic E-state index is 12.7. The Morgan fingerprint density at radius 3 is 2.86 bits per heavy atom. The monoisotopic (exact) mass is 397 g/mol. The summed E-state index contributed by atoms with van der Waals surface area (Å²) in [6.45, 7) is 0.574. The van der Waals surface area contributed by atoms with E-state index >= 15 is 0 Å². The van der Waals surface area contributed by atoms with Crippen molar-refractivity contribution < 1.29 is 14.3 Å². The second-order valence-electron chi connectivity index (χ2n) is 6.71. The Balaban J connectivity index is 1.43. The first-order chi connectivity index (χ1) is 13.6. The highest BCUT2D eigenvalue weighted by Gasteiger charge is 2.39. The van der Waals surface area contributed by atoms with Crippen molar-refractivity contribution in [2.45, 2.75) is 18.9 Å². The van der Waals surface area contributed by atoms with Crippen LogP contribution in [0.3, 0.4) is 0 Å². The molecule has 1 saturated heterocycles. The molecule has 144 valence electrons. The Morgan fingerprint density at radius 2 is 2.07 bits per heavy atom. The fourth-order valence-corrected chi connectivity index (χ4v) is 3.77. The van der Waals surface area contributed by atoms with Gasteiger partial charge in [-0.15, -0.1) is 0 Å². The minimum atomic E-state index is -0.538. The molecule has 0 unspecified atom stereocenters. The van der Waals surface area contributed by atoms with Gasteiger partial charge in [-0.05, 0) is 42.3 Å². The van der Waals surface area contributed by atoms with Gasteiger partial charge in [-0.2, -0.15) is 0 Å². The number of nitrogens with zero attached hydrogens (tertiary/aromatic N) is 1. The van der Waals surface area contributed by atoms with Crippen LogP contribution in [0.5, 0.6) is 5.75 Å². The van der Waals surface area contributed by atoms with Crippen molar-refractivity contribution in [3.63, 3.8) is 0 Å². The summed E-state index contributed by atoms with van der Waals surface area (Å²) >= 11 is 6.15. The summed E-state index contributed by atoms with van der Waals surface area (Å²) in [5.74, 6) is 0.291. The Morgan fingerprint density at radius 1 is 1.25 bits per heavy atom. The van der Waals surface area contributed by atoms with Crippen LogP contribution in [-0.4, -0.2) is 36.5 Å². The minimum absolute atomic E-state index is 0.131. The van der Waals surface area contributed by atoms with E-state index in [-0.39, 0.29) is 18.2 Å². The molecule has 1 aliphatic rings. The van der Waals surface area contributed by atoms with Crippen LogP contribution in [0.1, 0.15) is 12.0 Å². The van der Waals surface area contributed by atoms with Crippen LogP contribution in [0.4, 0.5) is 5.69 Å². The largest absolute Gasteiger partial charge is 0.497 e. The zero-order valence-corrected chi connectivity index (χ0v) is 16.1. The van der Waals surface area contributed by atoms with E-state index in [0.717, 1.165) is 28.6 Å². The van der Waals surface area contributed by atoms with Crippen LogP contribution in [0.2, 0.25) is 5.02 Å². The Kier molecular flexibility index (Phi) is 5.07. The van der Waals surface area contributed by atoms with Crippen LogP contribution >= 0.6 is 11.6 Å². The highest BCUT2D eigenvalue weighted by atomic mass is 35.5. The number of ether oxygens (including phenoxy) is 1. The smallest absolute Gasteiger partial charge is 0.251 e. The first-order valence-corrected chi connectivity index (χ1v) is 9.45. The number of rotatable bonds is 6. The van der Waals surface area contributed by atoms with Gasteiger partial charge in [0.2, 0.25) is 5.91 Å². The van der Waals surface area contributed by atoms with E-state index in [4.69, 9.17) is 16.3 Å². The predicted octanol–water partition coefficient (Wildman–Crippen LogP) is 3.29. The number of aromatic nitrogens is 1. The van der Waals surface area contributed by atoms with E-state index in [2.05, 4.69) is 10.3 Å². The molecule has 2 heterocycles. The summed E-state index contributed by atoms with van der Waals surface area (Å²) in [6.07, 6.45) is 2.81. The molecule has 0 saturated carbocycles. The van der Waals surface area contributed by atoms with Crippen molar-refractivity contribution in [1.29, 1.82) is 0 Å². The summed E-state index contributed by atoms with van der Waals surface area (Å²) < 4.78 is 5.29. The molecule has 1 aliphatic heterocycles. The second kappa shape index (κ2) is 7.66. The molecular weight excluding hydrogens is 378 g/mol. The molecule has 28 heavy (non-hydrogen) atoms. The van der Waals surface area contributed by atoms with Gasteiger partial charge < -0.3 is 15.0 Å². The van der Waals surface area contributed by atoms with Gasteiger partial charge in [0.1, 0.15) is 5.75 Å². The summed E-state index contributed by atoms with van der Waals surface area (Å²) in [5, 5.41) is 4.69. The molecule has 0 spiro atoms. The van der Waals surface area contributed by atoms with Gasteiger partial charge in [0.15, 0.2) is 0 Å². The predicted molar refractivity (Wildman–Crippen MR) is 109 cm³/mol. The highest BCUT2D eigenvalue weighted by Crippen LogP contribution is 2.30. The fraction of sp³-hybridized carbons (Fsp3) is 0.238. The maximum atomic E-state index is 12.7. The number of carbonyl (C=O) groups excluding carboxylic acids is 2. The molecule has 2 aromatic carbocycles. The first kappa shape index (κ1) is 18.5. The van der Waals surface area contributed by atoms with Crippen molar-refractivity contribution in [3.8, 4) is 5.75 Å². The maximum Gasteiger partial charge on any atom is 0.251 e. The number of nitrogens with one attached hydrogen (secondary N) is 2. The molecule has 1 aromatic heterocycles. The lowest BCUT2D eigenvalue weighted by molar-refractivity contribution is -0.121. The van der Waals surface area contributed by atoms with E-state index in [0.29, 0.717) is 17.3 Å². The topological polar surface area (TPSA) is 74.4 Å². The molecule has 0 aliphatic carbocycles. The molecule has 2 amide bonds. The lowest BCUT2D eigenvalue weighted by atomic mass is 10.1. The lowest BCUT2D eigenvalue weighted by Crippen LogP contribution is -2.39. The van der Waals surface area contributed by atoms with E-state index in [1.54, 1.807) is 31.4 Å². The van der Waals surface area contributed by atoms with Crippen LogP contribution in [0.25, 0.3) is 10.9 Å². The van der Waals surface area contributed by atoms with Gasteiger partial charge in [-0.3, -0.25) is 9.59 Å². The van der Waals surface area contributed by atoms with Crippen molar-refractivity contribution in [2.75, 3.05) is 18.6 Å². The average Bonchev–Trinajstić information content (AvgIpc) is 3.22. The average molecular weight is 398 g/mol. The molecule has 6 nitrogen and oxygen atoms in total. The molecule has 4 rings (SSSR count). The van der Waals surface area contributed by atoms with Crippen molar-refractivity contribution >= 4 is 40.0 Å². The summed E-state index contributed by atoms with van der Waals surface area (Å²) in [5.41, 5.74) is 2.60. The third-order valence-corrected chi connectivity index (χ3v) is 5.32. The molecule has 0 bridgehead atoms. The summed E-state index contributed by atoms with van der Waals surface area (Å²) in [7, 11) is 1.64. The fourth-order valence-electron chi connectivity index (χ4n) is 3.55. The van der Waals surface area contributed by atoms with Crippen LogP contribution in [0.15, 0.2) is 48.7 Å². The molecule has 2 N–H and O–H groups in total. The zero-order chi connectivity index (χ0) is 19.7. The quantitative estimate of drug-likeness (QED) is 0.626. The van der Waals surface area contributed by atoms with Crippen LogP contribution in [-0.2, 0) is 16.0 Å². The highest BCUT2D eigenvalue weighted by molar-refractivity contribution is 6.36. The SMILES string of the molecule is COc1ccc2[nH]cc(CCN[C@H]3CC(=O)N(c4ccccc4Cl)C3=O)c2c1. The summed E-state index contributed by atoms with van der Waals surface area (Å²) in [6, 6.07) is 12.2. The van der Waals surface area contributed by atoms with Crippen molar-refractivity contribution in [2.24, 2.45) is 0 Å². The Hall–Kier alpha value is -2.83.